The van der Waals surface area contributed by atoms with E-state index in [1.54, 1.807) is 36.4 Å². The van der Waals surface area contributed by atoms with Gasteiger partial charge in [-0.3, -0.25) is 4.79 Å². The number of nitrogens with one attached hydrogen (secondary N) is 2. The third-order valence-corrected chi connectivity index (χ3v) is 4.31. The molecule has 3 aromatic rings. The fourth-order valence-corrected chi connectivity index (χ4v) is 2.88. The molecule has 2 aromatic carbocycles. The molecule has 3 rings (SSSR count). The SMILES string of the molecule is O=C(O)CCCCCNC(=O)Nc1cccc(-c2nc3cc(Cl)ccc3o2)c1. The molecular formula is C20H20ClN3O4. The molecule has 8 heteroatoms. The number of rotatable bonds is 8. The fourth-order valence-electron chi connectivity index (χ4n) is 2.71. The van der Waals surface area contributed by atoms with Crippen molar-refractivity contribution in [1.29, 1.82) is 0 Å². The molecule has 2 amide bonds. The quantitative estimate of drug-likeness (QED) is 0.465. The molecule has 146 valence electrons. The van der Waals surface area contributed by atoms with Crippen LogP contribution in [0.4, 0.5) is 10.5 Å². The molecule has 0 fully saturated rings. The average Bonchev–Trinajstić information content (AvgIpc) is 3.08. The van der Waals surface area contributed by atoms with Gasteiger partial charge in [-0.1, -0.05) is 24.1 Å². The number of unbranched alkanes of at least 4 members (excludes halogenated alkanes) is 2. The number of carbonyl (C=O) groups excluding carboxylic acids is 1. The third kappa shape index (κ3) is 5.47. The molecular weight excluding hydrogens is 382 g/mol. The lowest BCUT2D eigenvalue weighted by atomic mass is 10.2. The number of hydrogen-bond donors (Lipinski definition) is 3. The first kappa shape index (κ1) is 19.7. The summed E-state index contributed by atoms with van der Waals surface area (Å²) >= 11 is 5.98. The molecule has 1 heterocycles. The number of fused-ring (bicyclic) bond motifs is 1. The lowest BCUT2D eigenvalue weighted by Crippen LogP contribution is -2.29. The van der Waals surface area contributed by atoms with Crippen LogP contribution in [-0.2, 0) is 4.79 Å². The highest BCUT2D eigenvalue weighted by atomic mass is 35.5. The molecule has 0 aliphatic carbocycles. The molecule has 0 bridgehead atoms. The van der Waals surface area contributed by atoms with Crippen LogP contribution in [0.5, 0.6) is 0 Å². The lowest BCUT2D eigenvalue weighted by Gasteiger charge is -2.08. The zero-order chi connectivity index (χ0) is 19.9. The number of benzene rings is 2. The molecule has 1 aromatic heterocycles. The van der Waals surface area contributed by atoms with Gasteiger partial charge in [-0.05, 0) is 49.2 Å². The van der Waals surface area contributed by atoms with E-state index < -0.39 is 5.97 Å². The second-order valence-corrected chi connectivity index (χ2v) is 6.73. The van der Waals surface area contributed by atoms with Crippen molar-refractivity contribution in [3.8, 4) is 11.5 Å². The van der Waals surface area contributed by atoms with Gasteiger partial charge >= 0.3 is 12.0 Å². The van der Waals surface area contributed by atoms with Crippen LogP contribution in [-0.4, -0.2) is 28.6 Å². The number of anilines is 1. The second kappa shape index (κ2) is 9.23. The van der Waals surface area contributed by atoms with E-state index in [2.05, 4.69) is 15.6 Å². The van der Waals surface area contributed by atoms with E-state index in [4.69, 9.17) is 21.1 Å². The van der Waals surface area contributed by atoms with Crippen LogP contribution in [0.2, 0.25) is 5.02 Å². The Morgan fingerprint density at radius 2 is 1.96 bits per heavy atom. The summed E-state index contributed by atoms with van der Waals surface area (Å²) in [6.45, 7) is 0.483. The summed E-state index contributed by atoms with van der Waals surface area (Å²) in [5, 5.41) is 14.7. The Kier molecular flexibility index (Phi) is 6.49. The van der Waals surface area contributed by atoms with Crippen LogP contribution in [0.1, 0.15) is 25.7 Å². The molecule has 0 saturated heterocycles. The number of carboxylic acids is 1. The first-order chi connectivity index (χ1) is 13.5. The summed E-state index contributed by atoms with van der Waals surface area (Å²) in [4.78, 5) is 26.9. The van der Waals surface area contributed by atoms with Crippen LogP contribution in [0.25, 0.3) is 22.6 Å². The molecule has 0 spiro atoms. The molecule has 0 aliphatic rings. The maximum atomic E-state index is 12.0. The van der Waals surface area contributed by atoms with E-state index in [0.717, 1.165) is 18.4 Å². The monoisotopic (exact) mass is 401 g/mol. The van der Waals surface area contributed by atoms with Gasteiger partial charge in [-0.2, -0.15) is 0 Å². The number of aromatic nitrogens is 1. The standard InChI is InChI=1S/C20H20ClN3O4/c21-14-8-9-17-16(12-14)24-19(28-17)13-5-4-6-15(11-13)23-20(27)22-10-3-1-2-7-18(25)26/h4-6,8-9,11-12H,1-3,7,10H2,(H,25,26)(H2,22,23,27). The average molecular weight is 402 g/mol. The first-order valence-corrected chi connectivity index (χ1v) is 9.32. The van der Waals surface area contributed by atoms with Crippen molar-refractivity contribution in [1.82, 2.24) is 10.3 Å². The summed E-state index contributed by atoms with van der Waals surface area (Å²) in [7, 11) is 0. The van der Waals surface area contributed by atoms with Gasteiger partial charge in [0.05, 0.1) is 0 Å². The summed E-state index contributed by atoms with van der Waals surface area (Å²) in [5.41, 5.74) is 2.65. The van der Waals surface area contributed by atoms with E-state index in [9.17, 15) is 9.59 Å². The maximum Gasteiger partial charge on any atom is 0.319 e. The van der Waals surface area contributed by atoms with Crippen molar-refractivity contribution in [2.45, 2.75) is 25.7 Å². The van der Waals surface area contributed by atoms with Gasteiger partial charge in [-0.15, -0.1) is 0 Å². The van der Waals surface area contributed by atoms with Gasteiger partial charge in [0.25, 0.3) is 0 Å². The van der Waals surface area contributed by atoms with Crippen LogP contribution in [0, 0.1) is 0 Å². The van der Waals surface area contributed by atoms with Crippen molar-refractivity contribution in [2.24, 2.45) is 0 Å². The van der Waals surface area contributed by atoms with E-state index in [0.29, 0.717) is 40.7 Å². The summed E-state index contributed by atoms with van der Waals surface area (Å²) in [6, 6.07) is 12.1. The van der Waals surface area contributed by atoms with E-state index in [1.165, 1.54) is 0 Å². The van der Waals surface area contributed by atoms with Gasteiger partial charge in [0.1, 0.15) is 5.52 Å². The first-order valence-electron chi connectivity index (χ1n) is 8.94. The highest BCUT2D eigenvalue weighted by molar-refractivity contribution is 6.31. The summed E-state index contributed by atoms with van der Waals surface area (Å²) < 4.78 is 5.75. The van der Waals surface area contributed by atoms with Crippen molar-refractivity contribution >= 4 is 40.4 Å². The molecule has 7 nitrogen and oxygen atoms in total. The fraction of sp³-hybridized carbons (Fsp3) is 0.250. The van der Waals surface area contributed by atoms with Crippen LogP contribution in [0.15, 0.2) is 46.9 Å². The third-order valence-electron chi connectivity index (χ3n) is 4.07. The van der Waals surface area contributed by atoms with Gasteiger partial charge in [0, 0.05) is 29.2 Å². The minimum Gasteiger partial charge on any atom is -0.481 e. The number of hydrogen-bond acceptors (Lipinski definition) is 4. The highest BCUT2D eigenvalue weighted by Crippen LogP contribution is 2.27. The van der Waals surface area contributed by atoms with Crippen molar-refractivity contribution < 1.29 is 19.1 Å². The Morgan fingerprint density at radius 3 is 2.79 bits per heavy atom. The number of amides is 2. The zero-order valence-electron chi connectivity index (χ0n) is 15.1. The molecule has 0 atom stereocenters. The number of oxazole rings is 1. The minimum atomic E-state index is -0.798. The number of nitrogens with zero attached hydrogens (tertiary/aromatic N) is 1. The van der Waals surface area contributed by atoms with E-state index in [-0.39, 0.29) is 12.5 Å². The number of aliphatic carboxylic acids is 1. The Balaban J connectivity index is 1.55. The van der Waals surface area contributed by atoms with Crippen molar-refractivity contribution in [2.75, 3.05) is 11.9 Å². The summed E-state index contributed by atoms with van der Waals surface area (Å²) in [5.74, 6) is -0.354. The molecule has 3 N–H and O–H groups in total. The molecule has 0 saturated carbocycles. The smallest absolute Gasteiger partial charge is 0.319 e. The van der Waals surface area contributed by atoms with Crippen LogP contribution >= 0.6 is 11.6 Å². The lowest BCUT2D eigenvalue weighted by molar-refractivity contribution is -0.137. The topological polar surface area (TPSA) is 104 Å². The molecule has 0 aliphatic heterocycles. The van der Waals surface area contributed by atoms with Crippen LogP contribution < -0.4 is 10.6 Å². The Hall–Kier alpha value is -3.06. The molecule has 28 heavy (non-hydrogen) atoms. The Bertz CT molecular complexity index is 986. The van der Waals surface area contributed by atoms with Gasteiger partial charge in [0.2, 0.25) is 5.89 Å². The van der Waals surface area contributed by atoms with E-state index >= 15 is 0 Å². The van der Waals surface area contributed by atoms with Gasteiger partial charge < -0.3 is 20.2 Å². The van der Waals surface area contributed by atoms with E-state index in [1.807, 2.05) is 6.07 Å². The second-order valence-electron chi connectivity index (χ2n) is 6.30. The van der Waals surface area contributed by atoms with Crippen molar-refractivity contribution in [3.05, 3.63) is 47.5 Å². The number of halogens is 1. The minimum absolute atomic E-state index is 0.154. The summed E-state index contributed by atoms with van der Waals surface area (Å²) in [6.07, 6.45) is 2.24. The Morgan fingerprint density at radius 1 is 1.11 bits per heavy atom. The Labute approximate surface area is 166 Å². The predicted octanol–water partition coefficient (Wildman–Crippen LogP) is 4.91. The highest BCUT2D eigenvalue weighted by Gasteiger charge is 2.10. The molecule has 0 unspecified atom stereocenters. The molecule has 0 radical (unpaired) electrons. The predicted molar refractivity (Wildman–Crippen MR) is 108 cm³/mol. The normalized spacial score (nSPS) is 10.8. The maximum absolute atomic E-state index is 12.0. The van der Waals surface area contributed by atoms with Gasteiger partial charge in [0.15, 0.2) is 5.58 Å². The van der Waals surface area contributed by atoms with Crippen molar-refractivity contribution in [3.63, 3.8) is 0 Å². The van der Waals surface area contributed by atoms with Gasteiger partial charge in [-0.25, -0.2) is 9.78 Å². The zero-order valence-corrected chi connectivity index (χ0v) is 15.8. The number of urea groups is 1. The van der Waals surface area contributed by atoms with Crippen LogP contribution in [0.3, 0.4) is 0 Å². The largest absolute Gasteiger partial charge is 0.481 e. The number of carbonyl (C=O) groups is 2. The number of carboxylic acid groups (broad SMARTS) is 1.